The number of nitrogen functional groups attached to an aromatic ring is 1. The van der Waals surface area contributed by atoms with Gasteiger partial charge < -0.3 is 10.4 Å². The van der Waals surface area contributed by atoms with E-state index in [9.17, 15) is 4.79 Å². The van der Waals surface area contributed by atoms with Crippen molar-refractivity contribution in [1.82, 2.24) is 4.98 Å². The van der Waals surface area contributed by atoms with Crippen LogP contribution >= 0.6 is 0 Å². The number of aromatic nitrogens is 1. The maximum Gasteiger partial charge on any atom is 0.250 e. The number of aromatic amines is 1. The van der Waals surface area contributed by atoms with E-state index in [4.69, 9.17) is 5.84 Å². The zero-order valence-corrected chi connectivity index (χ0v) is 4.72. The summed E-state index contributed by atoms with van der Waals surface area (Å²) in [6, 6.07) is 3.04. The molecule has 4 nitrogen and oxygen atoms in total. The van der Waals surface area contributed by atoms with Crippen molar-refractivity contribution in [3.05, 3.63) is 28.7 Å². The predicted molar refractivity (Wildman–Crippen MR) is 34.9 cm³/mol. The van der Waals surface area contributed by atoms with Crippen molar-refractivity contribution in [2.24, 2.45) is 5.84 Å². The molecule has 0 fully saturated rings. The summed E-state index contributed by atoms with van der Waals surface area (Å²) in [6.07, 6.45) is 1.53. The van der Waals surface area contributed by atoms with Crippen molar-refractivity contribution in [1.29, 1.82) is 0 Å². The van der Waals surface area contributed by atoms with Crippen LogP contribution < -0.4 is 16.8 Å². The third kappa shape index (κ3) is 1.30. The molecule has 0 aliphatic heterocycles. The average molecular weight is 125 g/mol. The van der Waals surface area contributed by atoms with E-state index >= 15 is 0 Å². The highest BCUT2D eigenvalue weighted by molar-refractivity contribution is 5.38. The molecule has 0 amide bonds. The molecule has 4 heteroatoms. The summed E-state index contributed by atoms with van der Waals surface area (Å²) in [5.74, 6) is 5.02. The van der Waals surface area contributed by atoms with Crippen molar-refractivity contribution in [2.45, 2.75) is 0 Å². The van der Waals surface area contributed by atoms with Crippen LogP contribution in [0.2, 0.25) is 0 Å². The highest BCUT2D eigenvalue weighted by atomic mass is 16.1. The highest BCUT2D eigenvalue weighted by Crippen LogP contribution is 1.94. The van der Waals surface area contributed by atoms with Crippen LogP contribution in [0.5, 0.6) is 0 Å². The Hall–Kier alpha value is -1.29. The van der Waals surface area contributed by atoms with E-state index in [0.717, 1.165) is 0 Å². The van der Waals surface area contributed by atoms with Crippen molar-refractivity contribution < 1.29 is 0 Å². The molecule has 0 bridgehead atoms. The number of anilines is 1. The number of nitrogens with one attached hydrogen (secondary N) is 2. The van der Waals surface area contributed by atoms with E-state index in [0.29, 0.717) is 5.69 Å². The summed E-state index contributed by atoms with van der Waals surface area (Å²) in [5, 5.41) is 0. The van der Waals surface area contributed by atoms with Crippen LogP contribution in [0.3, 0.4) is 0 Å². The van der Waals surface area contributed by atoms with Crippen LogP contribution in [0, 0.1) is 0 Å². The van der Waals surface area contributed by atoms with Crippen molar-refractivity contribution in [3.8, 4) is 0 Å². The maximum atomic E-state index is 10.5. The van der Waals surface area contributed by atoms with E-state index in [2.05, 4.69) is 10.4 Å². The van der Waals surface area contributed by atoms with Gasteiger partial charge in [-0.2, -0.15) is 0 Å². The van der Waals surface area contributed by atoms with E-state index in [-0.39, 0.29) is 5.56 Å². The minimum atomic E-state index is -0.162. The summed E-state index contributed by atoms with van der Waals surface area (Å²) in [5.41, 5.74) is 2.80. The minimum absolute atomic E-state index is 0.162. The number of hydrogen-bond donors (Lipinski definition) is 3. The molecule has 48 valence electrons. The molecule has 1 aromatic heterocycles. The molecular formula is C5H7N3O. The number of H-pyrrole nitrogens is 1. The molecule has 0 aliphatic carbocycles. The zero-order chi connectivity index (χ0) is 6.69. The minimum Gasteiger partial charge on any atom is -0.329 e. The number of nitrogens with two attached hydrogens (primary N) is 1. The first-order valence-corrected chi connectivity index (χ1v) is 2.48. The van der Waals surface area contributed by atoms with Crippen LogP contribution in [0.15, 0.2) is 23.1 Å². The Balaban J connectivity index is 3.08. The zero-order valence-electron chi connectivity index (χ0n) is 4.72. The normalized spacial score (nSPS) is 9.00. The lowest BCUT2D eigenvalue weighted by molar-refractivity contribution is 1.22. The van der Waals surface area contributed by atoms with Gasteiger partial charge in [0.15, 0.2) is 0 Å². The Morgan fingerprint density at radius 2 is 2.44 bits per heavy atom. The molecule has 0 spiro atoms. The van der Waals surface area contributed by atoms with E-state index in [1.54, 1.807) is 6.07 Å². The molecule has 1 heterocycles. The van der Waals surface area contributed by atoms with Gasteiger partial charge in [0.05, 0.1) is 5.69 Å². The van der Waals surface area contributed by atoms with Gasteiger partial charge in [-0.3, -0.25) is 10.6 Å². The lowest BCUT2D eigenvalue weighted by Crippen LogP contribution is -2.10. The van der Waals surface area contributed by atoms with Gasteiger partial charge in [-0.15, -0.1) is 0 Å². The standard InChI is InChI=1S/C5H7N3O/c6-8-4-1-2-7-5(9)3-4/h1-3H,6H2,(H2,7,8,9). The molecule has 0 saturated carbocycles. The van der Waals surface area contributed by atoms with Gasteiger partial charge in [0, 0.05) is 12.3 Å². The molecule has 0 aromatic carbocycles. The van der Waals surface area contributed by atoms with Crippen LogP contribution in [0.1, 0.15) is 0 Å². The average Bonchev–Trinajstić information content (AvgIpc) is 1.88. The Labute approximate surface area is 51.7 Å². The maximum absolute atomic E-state index is 10.5. The van der Waals surface area contributed by atoms with Gasteiger partial charge in [0.25, 0.3) is 0 Å². The fourth-order valence-corrected chi connectivity index (χ4v) is 0.534. The molecular weight excluding hydrogens is 118 g/mol. The number of rotatable bonds is 1. The number of pyridine rings is 1. The Morgan fingerprint density at radius 3 is 2.89 bits per heavy atom. The summed E-state index contributed by atoms with van der Waals surface area (Å²) in [4.78, 5) is 13.0. The lowest BCUT2D eigenvalue weighted by Gasteiger charge is -1.93. The molecule has 0 saturated heterocycles. The van der Waals surface area contributed by atoms with Gasteiger partial charge in [-0.05, 0) is 6.07 Å². The van der Waals surface area contributed by atoms with Crippen LogP contribution in [-0.2, 0) is 0 Å². The third-order valence-corrected chi connectivity index (χ3v) is 0.942. The summed E-state index contributed by atoms with van der Waals surface area (Å²) < 4.78 is 0. The second-order valence-corrected chi connectivity index (χ2v) is 1.59. The topological polar surface area (TPSA) is 70.9 Å². The summed E-state index contributed by atoms with van der Waals surface area (Å²) in [7, 11) is 0. The lowest BCUT2D eigenvalue weighted by atomic mass is 10.4. The molecule has 0 unspecified atom stereocenters. The second-order valence-electron chi connectivity index (χ2n) is 1.59. The molecule has 1 rings (SSSR count). The van der Waals surface area contributed by atoms with E-state index in [1.165, 1.54) is 12.3 Å². The van der Waals surface area contributed by atoms with Crippen molar-refractivity contribution >= 4 is 5.69 Å². The summed E-state index contributed by atoms with van der Waals surface area (Å²) >= 11 is 0. The van der Waals surface area contributed by atoms with Gasteiger partial charge >= 0.3 is 0 Å². The smallest absolute Gasteiger partial charge is 0.250 e. The SMILES string of the molecule is NNc1cc[nH]c(=O)c1. The second kappa shape index (κ2) is 2.32. The van der Waals surface area contributed by atoms with Crippen LogP contribution in [0.25, 0.3) is 0 Å². The third-order valence-electron chi connectivity index (χ3n) is 0.942. The van der Waals surface area contributed by atoms with Gasteiger partial charge in [0.2, 0.25) is 5.56 Å². The molecule has 1 aromatic rings. The number of hydrazine groups is 1. The van der Waals surface area contributed by atoms with Crippen molar-refractivity contribution in [3.63, 3.8) is 0 Å². The predicted octanol–water partition coefficient (Wildman–Crippen LogP) is -0.340. The molecule has 0 radical (unpaired) electrons. The van der Waals surface area contributed by atoms with Gasteiger partial charge in [-0.25, -0.2) is 0 Å². The number of hydrogen-bond acceptors (Lipinski definition) is 3. The fourth-order valence-electron chi connectivity index (χ4n) is 0.534. The summed E-state index contributed by atoms with van der Waals surface area (Å²) in [6.45, 7) is 0. The van der Waals surface area contributed by atoms with Gasteiger partial charge in [-0.1, -0.05) is 0 Å². The fraction of sp³-hybridized carbons (Fsp3) is 0. The highest BCUT2D eigenvalue weighted by Gasteiger charge is 1.85. The van der Waals surface area contributed by atoms with E-state index < -0.39 is 0 Å². The Kier molecular flexibility index (Phi) is 1.51. The van der Waals surface area contributed by atoms with Crippen molar-refractivity contribution in [2.75, 3.05) is 5.43 Å². The quantitative estimate of drug-likeness (QED) is 0.355. The Bertz CT molecular complexity index is 242. The van der Waals surface area contributed by atoms with Crippen LogP contribution in [-0.4, -0.2) is 4.98 Å². The van der Waals surface area contributed by atoms with Gasteiger partial charge in [0.1, 0.15) is 0 Å². The molecule has 4 N–H and O–H groups in total. The van der Waals surface area contributed by atoms with Crippen LogP contribution in [0.4, 0.5) is 5.69 Å². The molecule has 0 atom stereocenters. The first-order chi connectivity index (χ1) is 4.33. The largest absolute Gasteiger partial charge is 0.329 e. The first kappa shape index (κ1) is 5.84. The molecule has 9 heavy (non-hydrogen) atoms. The Morgan fingerprint density at radius 1 is 1.67 bits per heavy atom. The monoisotopic (exact) mass is 125 g/mol. The first-order valence-electron chi connectivity index (χ1n) is 2.48. The van der Waals surface area contributed by atoms with E-state index in [1.807, 2.05) is 0 Å². The molecule has 0 aliphatic rings.